The van der Waals surface area contributed by atoms with Gasteiger partial charge in [0.2, 0.25) is 0 Å². The smallest absolute Gasteiger partial charge is 0.289 e. The Morgan fingerprint density at radius 1 is 1.12 bits per heavy atom. The molecule has 3 rings (SSSR count). The molecule has 1 aliphatic heterocycles. The van der Waals surface area contributed by atoms with Crippen LogP contribution in [0.4, 0.5) is 11.4 Å². The molecule has 1 amide bonds. The zero-order valence-corrected chi connectivity index (χ0v) is 15.4. The van der Waals surface area contributed by atoms with E-state index in [0.717, 1.165) is 39.3 Å². The average Bonchev–Trinajstić information content (AvgIpc) is 3.17. The summed E-state index contributed by atoms with van der Waals surface area (Å²) in [5.74, 6) is 0.409. The Morgan fingerprint density at radius 3 is 2.40 bits per heavy atom. The van der Waals surface area contributed by atoms with Gasteiger partial charge in [0.05, 0.1) is 6.26 Å². The Hall–Kier alpha value is -2.43. The van der Waals surface area contributed by atoms with Crippen molar-refractivity contribution < 1.29 is 9.21 Å². The molecule has 1 fully saturated rings. The zero-order valence-electron chi connectivity index (χ0n) is 15.4. The van der Waals surface area contributed by atoms with Crippen LogP contribution in [0.3, 0.4) is 0 Å². The standard InChI is InChI=1S/C20H27N3O2/c1-4-21(5-2)17-8-9-18(16(3)15-17)22-10-12-23(13-11-22)20(24)19-7-6-14-25-19/h6-9,14-15H,4-5,10-13H2,1-3H3. The molecule has 0 N–H and O–H groups in total. The first-order valence-corrected chi connectivity index (χ1v) is 9.07. The minimum atomic E-state index is -0.0155. The van der Waals surface area contributed by atoms with E-state index in [1.54, 1.807) is 18.4 Å². The molecule has 0 atom stereocenters. The first-order valence-electron chi connectivity index (χ1n) is 9.07. The molecule has 1 saturated heterocycles. The fourth-order valence-electron chi connectivity index (χ4n) is 3.49. The lowest BCUT2D eigenvalue weighted by atomic mass is 10.1. The zero-order chi connectivity index (χ0) is 17.8. The van der Waals surface area contributed by atoms with Crippen molar-refractivity contribution >= 4 is 17.3 Å². The van der Waals surface area contributed by atoms with E-state index < -0.39 is 0 Å². The van der Waals surface area contributed by atoms with Crippen LogP contribution >= 0.6 is 0 Å². The molecule has 134 valence electrons. The minimum absolute atomic E-state index is 0.0155. The maximum absolute atomic E-state index is 12.4. The second-order valence-electron chi connectivity index (χ2n) is 6.40. The largest absolute Gasteiger partial charge is 0.459 e. The van der Waals surface area contributed by atoms with Crippen LogP contribution in [0.5, 0.6) is 0 Å². The van der Waals surface area contributed by atoms with E-state index >= 15 is 0 Å². The number of anilines is 2. The van der Waals surface area contributed by atoms with Gasteiger partial charge in [-0.1, -0.05) is 0 Å². The van der Waals surface area contributed by atoms with Gasteiger partial charge in [-0.15, -0.1) is 0 Å². The van der Waals surface area contributed by atoms with Gasteiger partial charge >= 0.3 is 0 Å². The lowest BCUT2D eigenvalue weighted by Gasteiger charge is -2.36. The predicted octanol–water partition coefficient (Wildman–Crippen LogP) is 3.40. The van der Waals surface area contributed by atoms with Crippen molar-refractivity contribution in [3.63, 3.8) is 0 Å². The molecular weight excluding hydrogens is 314 g/mol. The van der Waals surface area contributed by atoms with Gasteiger partial charge in [0.1, 0.15) is 0 Å². The van der Waals surface area contributed by atoms with E-state index in [9.17, 15) is 4.79 Å². The Bertz CT molecular complexity index is 700. The molecule has 0 radical (unpaired) electrons. The van der Waals surface area contributed by atoms with Gasteiger partial charge in [-0.05, 0) is 56.7 Å². The van der Waals surface area contributed by atoms with Crippen molar-refractivity contribution in [3.8, 4) is 0 Å². The molecule has 0 bridgehead atoms. The number of nitrogens with zero attached hydrogens (tertiary/aromatic N) is 3. The molecule has 0 saturated carbocycles. The predicted molar refractivity (Wildman–Crippen MR) is 102 cm³/mol. The normalized spacial score (nSPS) is 14.7. The third-order valence-electron chi connectivity index (χ3n) is 4.95. The SMILES string of the molecule is CCN(CC)c1ccc(N2CCN(C(=O)c3ccco3)CC2)c(C)c1. The van der Waals surface area contributed by atoms with E-state index in [4.69, 9.17) is 4.42 Å². The number of piperazine rings is 1. The van der Waals surface area contributed by atoms with Gasteiger partial charge in [0.15, 0.2) is 5.76 Å². The highest BCUT2D eigenvalue weighted by Gasteiger charge is 2.24. The van der Waals surface area contributed by atoms with Gasteiger partial charge in [0.25, 0.3) is 5.91 Å². The summed E-state index contributed by atoms with van der Waals surface area (Å²) in [7, 11) is 0. The van der Waals surface area contributed by atoms with Crippen LogP contribution in [-0.4, -0.2) is 50.1 Å². The number of aryl methyl sites for hydroxylation is 1. The Balaban J connectivity index is 1.66. The highest BCUT2D eigenvalue weighted by atomic mass is 16.3. The molecule has 2 aromatic rings. The molecule has 1 aliphatic rings. The number of furan rings is 1. The lowest BCUT2D eigenvalue weighted by molar-refractivity contribution is 0.0714. The molecular formula is C20H27N3O2. The summed E-state index contributed by atoms with van der Waals surface area (Å²) >= 11 is 0. The first-order chi connectivity index (χ1) is 12.1. The van der Waals surface area contributed by atoms with Crippen LogP contribution in [0, 0.1) is 6.92 Å². The number of hydrogen-bond acceptors (Lipinski definition) is 4. The van der Waals surface area contributed by atoms with Gasteiger partial charge in [0, 0.05) is 50.6 Å². The number of carbonyl (C=O) groups is 1. The molecule has 1 aromatic carbocycles. The van der Waals surface area contributed by atoms with Gasteiger partial charge in [-0.25, -0.2) is 0 Å². The summed E-state index contributed by atoms with van der Waals surface area (Å²) in [5, 5.41) is 0. The van der Waals surface area contributed by atoms with E-state index in [1.165, 1.54) is 16.9 Å². The number of rotatable bonds is 5. The molecule has 2 heterocycles. The Labute approximate surface area is 149 Å². The minimum Gasteiger partial charge on any atom is -0.459 e. The number of hydrogen-bond donors (Lipinski definition) is 0. The molecule has 0 unspecified atom stereocenters. The molecule has 0 spiro atoms. The number of carbonyl (C=O) groups excluding carboxylic acids is 1. The fourth-order valence-corrected chi connectivity index (χ4v) is 3.49. The summed E-state index contributed by atoms with van der Waals surface area (Å²) in [6.45, 7) is 11.7. The summed E-state index contributed by atoms with van der Waals surface area (Å²) < 4.78 is 5.23. The van der Waals surface area contributed by atoms with Gasteiger partial charge < -0.3 is 19.1 Å². The van der Waals surface area contributed by atoms with Crippen molar-refractivity contribution in [3.05, 3.63) is 47.9 Å². The first kappa shape index (κ1) is 17.4. The fraction of sp³-hybridized carbons (Fsp3) is 0.450. The van der Waals surface area contributed by atoms with E-state index in [2.05, 4.69) is 48.8 Å². The summed E-state index contributed by atoms with van der Waals surface area (Å²) in [4.78, 5) is 19.0. The van der Waals surface area contributed by atoms with Crippen molar-refractivity contribution in [1.29, 1.82) is 0 Å². The van der Waals surface area contributed by atoms with Gasteiger partial charge in [-0.2, -0.15) is 0 Å². The van der Waals surface area contributed by atoms with Crippen LogP contribution in [0.2, 0.25) is 0 Å². The van der Waals surface area contributed by atoms with Crippen molar-refractivity contribution in [2.24, 2.45) is 0 Å². The lowest BCUT2D eigenvalue weighted by Crippen LogP contribution is -2.48. The summed E-state index contributed by atoms with van der Waals surface area (Å²) in [6, 6.07) is 10.2. The van der Waals surface area contributed by atoms with Crippen LogP contribution < -0.4 is 9.80 Å². The highest BCUT2D eigenvalue weighted by molar-refractivity contribution is 5.91. The second kappa shape index (κ2) is 7.64. The third kappa shape index (κ3) is 3.65. The topological polar surface area (TPSA) is 39.9 Å². The molecule has 5 heteroatoms. The summed E-state index contributed by atoms with van der Waals surface area (Å²) in [5.41, 5.74) is 3.83. The van der Waals surface area contributed by atoms with Crippen LogP contribution in [0.1, 0.15) is 30.0 Å². The quantitative estimate of drug-likeness (QED) is 0.836. The van der Waals surface area contributed by atoms with Crippen molar-refractivity contribution in [2.45, 2.75) is 20.8 Å². The van der Waals surface area contributed by atoms with Crippen LogP contribution in [0.25, 0.3) is 0 Å². The van der Waals surface area contributed by atoms with E-state index in [1.807, 2.05) is 4.90 Å². The Kier molecular flexibility index (Phi) is 5.31. The van der Waals surface area contributed by atoms with E-state index in [-0.39, 0.29) is 5.91 Å². The number of amides is 1. The maximum atomic E-state index is 12.4. The molecule has 0 aliphatic carbocycles. The van der Waals surface area contributed by atoms with Crippen molar-refractivity contribution in [1.82, 2.24) is 4.90 Å². The van der Waals surface area contributed by atoms with Crippen LogP contribution in [0.15, 0.2) is 41.0 Å². The second-order valence-corrected chi connectivity index (χ2v) is 6.40. The third-order valence-corrected chi connectivity index (χ3v) is 4.95. The maximum Gasteiger partial charge on any atom is 0.289 e. The highest BCUT2D eigenvalue weighted by Crippen LogP contribution is 2.26. The summed E-state index contributed by atoms with van der Waals surface area (Å²) in [6.07, 6.45) is 1.55. The van der Waals surface area contributed by atoms with E-state index in [0.29, 0.717) is 5.76 Å². The monoisotopic (exact) mass is 341 g/mol. The number of benzene rings is 1. The van der Waals surface area contributed by atoms with Crippen LogP contribution in [-0.2, 0) is 0 Å². The molecule has 25 heavy (non-hydrogen) atoms. The van der Waals surface area contributed by atoms with Crippen molar-refractivity contribution in [2.75, 3.05) is 49.1 Å². The van der Waals surface area contributed by atoms with Gasteiger partial charge in [-0.3, -0.25) is 4.79 Å². The Morgan fingerprint density at radius 2 is 1.84 bits per heavy atom. The molecule has 5 nitrogen and oxygen atoms in total. The average molecular weight is 341 g/mol. The molecule has 1 aromatic heterocycles.